The Morgan fingerprint density at radius 3 is 2.86 bits per heavy atom. The van der Waals surface area contributed by atoms with E-state index in [0.717, 1.165) is 26.8 Å². The van der Waals surface area contributed by atoms with Crippen LogP contribution in [0.5, 0.6) is 0 Å². The average Bonchev–Trinajstić information content (AvgIpc) is 2.87. The molecule has 3 aromatic rings. The van der Waals surface area contributed by atoms with Gasteiger partial charge in [-0.25, -0.2) is 4.98 Å². The molecule has 108 valence electrons. The second-order valence-electron chi connectivity index (χ2n) is 4.93. The molecule has 3 nitrogen and oxygen atoms in total. The summed E-state index contributed by atoms with van der Waals surface area (Å²) in [5.74, 6) is 0. The Labute approximate surface area is 132 Å². The highest BCUT2D eigenvalue weighted by Gasteiger charge is 2.16. The smallest absolute Gasteiger partial charge is 0.167 e. The van der Waals surface area contributed by atoms with Gasteiger partial charge in [-0.2, -0.15) is 0 Å². The SMILES string of the molecule is Cc1ccc2nc(SC(CN)c3ccccc3Cl)[nH]c2c1. The zero-order chi connectivity index (χ0) is 14.8. The molecular formula is C16H16ClN3S. The number of aryl methyl sites for hydroxylation is 1. The second kappa shape index (κ2) is 6.10. The number of nitrogens with two attached hydrogens (primary N) is 1. The Hall–Kier alpha value is -1.49. The van der Waals surface area contributed by atoms with Crippen LogP contribution in [-0.2, 0) is 0 Å². The third-order valence-electron chi connectivity index (χ3n) is 3.34. The summed E-state index contributed by atoms with van der Waals surface area (Å²) in [5.41, 5.74) is 10.2. The number of aromatic amines is 1. The first-order valence-electron chi connectivity index (χ1n) is 6.75. The standard InChI is InChI=1S/C16H16ClN3S/c1-10-6-7-13-14(8-10)20-16(19-13)21-15(9-18)11-4-2-3-5-12(11)17/h2-8,15H,9,18H2,1H3,(H,19,20). The third-order valence-corrected chi connectivity index (χ3v) is 4.83. The normalized spacial score (nSPS) is 12.7. The molecule has 3 N–H and O–H groups in total. The summed E-state index contributed by atoms with van der Waals surface area (Å²) in [6.45, 7) is 2.57. The fraction of sp³-hybridized carbons (Fsp3) is 0.188. The van der Waals surface area contributed by atoms with Gasteiger partial charge in [0.2, 0.25) is 0 Å². The number of nitrogens with one attached hydrogen (secondary N) is 1. The summed E-state index contributed by atoms with van der Waals surface area (Å²) in [4.78, 5) is 7.95. The van der Waals surface area contributed by atoms with Gasteiger partial charge in [0.1, 0.15) is 0 Å². The monoisotopic (exact) mass is 317 g/mol. The Balaban J connectivity index is 1.90. The van der Waals surface area contributed by atoms with E-state index < -0.39 is 0 Å². The molecule has 0 fully saturated rings. The zero-order valence-electron chi connectivity index (χ0n) is 11.6. The van der Waals surface area contributed by atoms with Crippen molar-refractivity contribution in [2.75, 3.05) is 6.54 Å². The summed E-state index contributed by atoms with van der Waals surface area (Å²) in [7, 11) is 0. The van der Waals surface area contributed by atoms with Crippen LogP contribution in [0.15, 0.2) is 47.6 Å². The highest BCUT2D eigenvalue weighted by molar-refractivity contribution is 7.99. The number of hydrogen-bond donors (Lipinski definition) is 2. The van der Waals surface area contributed by atoms with E-state index in [2.05, 4.69) is 29.0 Å². The molecule has 0 saturated carbocycles. The fourth-order valence-corrected chi connectivity index (χ4v) is 3.62. The molecule has 1 heterocycles. The molecule has 0 aliphatic carbocycles. The molecule has 0 bridgehead atoms. The van der Waals surface area contributed by atoms with Crippen molar-refractivity contribution >= 4 is 34.4 Å². The summed E-state index contributed by atoms with van der Waals surface area (Å²) in [6, 6.07) is 14.0. The minimum Gasteiger partial charge on any atom is -0.333 e. The molecular weight excluding hydrogens is 302 g/mol. The predicted molar refractivity (Wildman–Crippen MR) is 89.9 cm³/mol. The van der Waals surface area contributed by atoms with E-state index in [1.54, 1.807) is 11.8 Å². The molecule has 3 rings (SSSR count). The maximum atomic E-state index is 6.26. The number of halogens is 1. The van der Waals surface area contributed by atoms with Crippen molar-refractivity contribution in [1.29, 1.82) is 0 Å². The number of H-pyrrole nitrogens is 1. The molecule has 2 aromatic carbocycles. The maximum absolute atomic E-state index is 6.26. The molecule has 1 atom stereocenters. The van der Waals surface area contributed by atoms with Crippen LogP contribution in [0.2, 0.25) is 5.02 Å². The molecule has 0 saturated heterocycles. The van der Waals surface area contributed by atoms with Crippen LogP contribution in [0.1, 0.15) is 16.4 Å². The molecule has 1 aromatic heterocycles. The zero-order valence-corrected chi connectivity index (χ0v) is 13.2. The van der Waals surface area contributed by atoms with Crippen molar-refractivity contribution in [3.05, 3.63) is 58.6 Å². The van der Waals surface area contributed by atoms with E-state index in [0.29, 0.717) is 6.54 Å². The van der Waals surface area contributed by atoms with Crippen LogP contribution in [0, 0.1) is 6.92 Å². The summed E-state index contributed by atoms with van der Waals surface area (Å²) >= 11 is 7.88. The van der Waals surface area contributed by atoms with Crippen LogP contribution >= 0.6 is 23.4 Å². The number of hydrogen-bond acceptors (Lipinski definition) is 3. The van der Waals surface area contributed by atoms with E-state index in [-0.39, 0.29) is 5.25 Å². The lowest BCUT2D eigenvalue weighted by Gasteiger charge is -2.14. The third kappa shape index (κ3) is 3.07. The Morgan fingerprint density at radius 1 is 1.29 bits per heavy atom. The minimum absolute atomic E-state index is 0.0837. The summed E-state index contributed by atoms with van der Waals surface area (Å²) in [5, 5.41) is 1.69. The van der Waals surface area contributed by atoms with Gasteiger partial charge < -0.3 is 10.7 Å². The first kappa shape index (κ1) is 14.4. The number of aromatic nitrogens is 2. The Kier molecular flexibility index (Phi) is 4.19. The number of fused-ring (bicyclic) bond motifs is 1. The topological polar surface area (TPSA) is 54.7 Å². The lowest BCUT2D eigenvalue weighted by molar-refractivity contribution is 0.929. The number of thioether (sulfide) groups is 1. The highest BCUT2D eigenvalue weighted by atomic mass is 35.5. The highest BCUT2D eigenvalue weighted by Crippen LogP contribution is 2.36. The van der Waals surface area contributed by atoms with E-state index in [1.165, 1.54) is 5.56 Å². The van der Waals surface area contributed by atoms with Crippen molar-refractivity contribution in [3.8, 4) is 0 Å². The molecule has 0 spiro atoms. The van der Waals surface area contributed by atoms with Gasteiger partial charge >= 0.3 is 0 Å². The molecule has 1 unspecified atom stereocenters. The average molecular weight is 318 g/mol. The molecule has 0 radical (unpaired) electrons. The van der Waals surface area contributed by atoms with Crippen LogP contribution in [0.3, 0.4) is 0 Å². The van der Waals surface area contributed by atoms with E-state index in [4.69, 9.17) is 17.3 Å². The van der Waals surface area contributed by atoms with E-state index in [1.807, 2.05) is 30.3 Å². The van der Waals surface area contributed by atoms with E-state index in [9.17, 15) is 0 Å². The van der Waals surface area contributed by atoms with Crippen LogP contribution in [0.4, 0.5) is 0 Å². The Morgan fingerprint density at radius 2 is 2.10 bits per heavy atom. The van der Waals surface area contributed by atoms with Crippen molar-refractivity contribution in [2.45, 2.75) is 17.3 Å². The Bertz CT molecular complexity index is 769. The first-order chi connectivity index (χ1) is 10.2. The van der Waals surface area contributed by atoms with Gasteiger partial charge in [-0.15, -0.1) is 0 Å². The van der Waals surface area contributed by atoms with Crippen molar-refractivity contribution in [3.63, 3.8) is 0 Å². The largest absolute Gasteiger partial charge is 0.333 e. The summed E-state index contributed by atoms with van der Waals surface area (Å²) < 4.78 is 0. The van der Waals surface area contributed by atoms with Gasteiger partial charge in [-0.05, 0) is 36.2 Å². The van der Waals surface area contributed by atoms with Gasteiger partial charge in [-0.1, -0.05) is 47.6 Å². The molecule has 0 aliphatic rings. The number of rotatable bonds is 4. The maximum Gasteiger partial charge on any atom is 0.167 e. The number of imidazole rings is 1. The van der Waals surface area contributed by atoms with Gasteiger partial charge in [0.15, 0.2) is 5.16 Å². The lowest BCUT2D eigenvalue weighted by Crippen LogP contribution is -2.10. The second-order valence-corrected chi connectivity index (χ2v) is 6.52. The van der Waals surface area contributed by atoms with Gasteiger partial charge in [0.05, 0.1) is 16.3 Å². The quantitative estimate of drug-likeness (QED) is 0.705. The molecule has 0 amide bonds. The molecule has 5 heteroatoms. The van der Waals surface area contributed by atoms with Crippen molar-refractivity contribution in [1.82, 2.24) is 9.97 Å². The van der Waals surface area contributed by atoms with Gasteiger partial charge in [0.25, 0.3) is 0 Å². The number of benzene rings is 2. The fourth-order valence-electron chi connectivity index (χ4n) is 2.27. The van der Waals surface area contributed by atoms with Crippen molar-refractivity contribution < 1.29 is 0 Å². The first-order valence-corrected chi connectivity index (χ1v) is 8.00. The van der Waals surface area contributed by atoms with Crippen LogP contribution in [-0.4, -0.2) is 16.5 Å². The minimum atomic E-state index is 0.0837. The molecule has 0 aliphatic heterocycles. The molecule has 21 heavy (non-hydrogen) atoms. The number of nitrogens with zero attached hydrogens (tertiary/aromatic N) is 1. The van der Waals surface area contributed by atoms with Crippen molar-refractivity contribution in [2.24, 2.45) is 5.73 Å². The lowest BCUT2D eigenvalue weighted by atomic mass is 10.1. The summed E-state index contributed by atoms with van der Waals surface area (Å²) in [6.07, 6.45) is 0. The predicted octanol–water partition coefficient (Wildman–Crippen LogP) is 4.32. The van der Waals surface area contributed by atoms with Crippen LogP contribution < -0.4 is 5.73 Å². The van der Waals surface area contributed by atoms with E-state index >= 15 is 0 Å². The van der Waals surface area contributed by atoms with Gasteiger partial charge in [-0.3, -0.25) is 0 Å². The van der Waals surface area contributed by atoms with Crippen LogP contribution in [0.25, 0.3) is 11.0 Å². The van der Waals surface area contributed by atoms with Gasteiger partial charge in [0, 0.05) is 11.6 Å².